The molecule has 0 unspecified atom stereocenters. The molecule has 0 fully saturated rings. The molecule has 64 valence electrons. The van der Waals surface area contributed by atoms with Crippen molar-refractivity contribution >= 4 is 9.28 Å². The summed E-state index contributed by atoms with van der Waals surface area (Å²) < 4.78 is 10.2. The molecule has 0 aliphatic carbocycles. The Labute approximate surface area is 65.2 Å². The van der Waals surface area contributed by atoms with Gasteiger partial charge in [0.05, 0.1) is 0 Å². The molecule has 3 N–H and O–H groups in total. The van der Waals surface area contributed by atoms with E-state index in [0.717, 1.165) is 6.04 Å². The molecule has 0 saturated carbocycles. The van der Waals surface area contributed by atoms with E-state index in [4.69, 9.17) is 8.85 Å². The van der Waals surface area contributed by atoms with Gasteiger partial charge in [0.15, 0.2) is 0 Å². The van der Waals surface area contributed by atoms with Gasteiger partial charge in [-0.1, -0.05) is 19.8 Å². The molecule has 0 aromatic rings. The van der Waals surface area contributed by atoms with Gasteiger partial charge in [-0.25, -0.2) is 0 Å². The van der Waals surface area contributed by atoms with Crippen LogP contribution in [0.3, 0.4) is 0 Å². The second-order valence-corrected chi connectivity index (χ2v) is 4.42. The van der Waals surface area contributed by atoms with Crippen LogP contribution >= 0.6 is 0 Å². The first-order chi connectivity index (χ1) is 4.35. The summed E-state index contributed by atoms with van der Waals surface area (Å²) in [6.07, 6.45) is 2.47. The molecule has 0 saturated heterocycles. The molecule has 10 heavy (non-hydrogen) atoms. The topological polar surface area (TPSA) is 53.5 Å². The molecule has 3 nitrogen and oxygen atoms in total. The van der Waals surface area contributed by atoms with Crippen LogP contribution in [0.2, 0.25) is 6.04 Å². The Morgan fingerprint density at radius 1 is 1.20 bits per heavy atom. The van der Waals surface area contributed by atoms with E-state index in [1.54, 1.807) is 14.2 Å². The van der Waals surface area contributed by atoms with Gasteiger partial charge in [0, 0.05) is 14.2 Å². The summed E-state index contributed by atoms with van der Waals surface area (Å²) in [5, 5.41) is 0. The fourth-order valence-electron chi connectivity index (χ4n) is 0.703. The lowest BCUT2D eigenvalue weighted by Crippen LogP contribution is -2.18. The quantitative estimate of drug-likeness (QED) is 0.627. The highest BCUT2D eigenvalue weighted by molar-refractivity contribution is 6.44. The van der Waals surface area contributed by atoms with Gasteiger partial charge in [0.25, 0.3) is 0 Å². The first-order valence-electron chi connectivity index (χ1n) is 3.40. The van der Waals surface area contributed by atoms with E-state index in [-0.39, 0.29) is 6.15 Å². The van der Waals surface area contributed by atoms with Crippen LogP contribution < -0.4 is 6.15 Å². The summed E-state index contributed by atoms with van der Waals surface area (Å²) in [5.74, 6) is 0. The van der Waals surface area contributed by atoms with Gasteiger partial charge in [0.2, 0.25) is 0 Å². The Morgan fingerprint density at radius 3 is 2.00 bits per heavy atom. The molecule has 0 aliphatic rings. The van der Waals surface area contributed by atoms with Gasteiger partial charge in [-0.05, 0) is 6.04 Å². The summed E-state index contributed by atoms with van der Waals surface area (Å²) >= 11 is 0. The number of hydrogen-bond acceptors (Lipinski definition) is 3. The third-order valence-electron chi connectivity index (χ3n) is 1.32. The lowest BCUT2D eigenvalue weighted by Gasteiger charge is -2.08. The molecule has 0 atom stereocenters. The van der Waals surface area contributed by atoms with Gasteiger partial charge >= 0.3 is 9.28 Å². The molecule has 4 heteroatoms. The zero-order valence-corrected chi connectivity index (χ0v) is 8.38. The highest BCUT2D eigenvalue weighted by Crippen LogP contribution is 2.01. The minimum absolute atomic E-state index is 0. The Balaban J connectivity index is 0. The maximum absolute atomic E-state index is 5.12. The van der Waals surface area contributed by atoms with E-state index >= 15 is 0 Å². The van der Waals surface area contributed by atoms with Crippen LogP contribution in [0.25, 0.3) is 0 Å². The van der Waals surface area contributed by atoms with Crippen LogP contribution in [-0.4, -0.2) is 23.5 Å². The molecule has 0 spiro atoms. The number of hydrogen-bond donors (Lipinski definition) is 1. The maximum atomic E-state index is 5.12. The van der Waals surface area contributed by atoms with E-state index in [0.29, 0.717) is 0 Å². The highest BCUT2D eigenvalue weighted by Gasteiger charge is 2.06. The van der Waals surface area contributed by atoms with Crippen LogP contribution in [0, 0.1) is 0 Å². The van der Waals surface area contributed by atoms with Crippen molar-refractivity contribution in [3.63, 3.8) is 0 Å². The van der Waals surface area contributed by atoms with E-state index in [1.165, 1.54) is 12.8 Å². The fourth-order valence-corrected chi connectivity index (χ4v) is 2.11. The Kier molecular flexibility index (Phi) is 11.6. The Bertz CT molecular complexity index is 59.7. The van der Waals surface area contributed by atoms with Gasteiger partial charge in [0.1, 0.15) is 0 Å². The van der Waals surface area contributed by atoms with E-state index in [2.05, 4.69) is 6.92 Å². The van der Waals surface area contributed by atoms with Gasteiger partial charge in [-0.3, -0.25) is 0 Å². The normalized spacial score (nSPS) is 9.60. The van der Waals surface area contributed by atoms with Crippen LogP contribution in [0.15, 0.2) is 0 Å². The molecule has 0 radical (unpaired) electrons. The average Bonchev–Trinajstić information content (AvgIpc) is 1.91. The van der Waals surface area contributed by atoms with Crippen LogP contribution in [0.4, 0.5) is 0 Å². The monoisotopic (exact) mass is 165 g/mol. The molecule has 0 amide bonds. The molecule has 0 rings (SSSR count). The van der Waals surface area contributed by atoms with Gasteiger partial charge in [-0.15, -0.1) is 0 Å². The van der Waals surface area contributed by atoms with Crippen molar-refractivity contribution in [3.8, 4) is 0 Å². The maximum Gasteiger partial charge on any atom is 0.320 e. The van der Waals surface area contributed by atoms with Crippen molar-refractivity contribution in [2.45, 2.75) is 25.8 Å². The number of unbranched alkanes of at least 4 members (excludes halogenated alkanes) is 1. The van der Waals surface area contributed by atoms with Gasteiger partial charge < -0.3 is 15.0 Å². The Hall–Kier alpha value is 0.0969. The zero-order valence-electron chi connectivity index (χ0n) is 7.22. The average molecular weight is 165 g/mol. The Morgan fingerprint density at radius 2 is 1.70 bits per heavy atom. The standard InChI is InChI=1S/C6H16O2Si.H3N/c1-4-5-6-9(7-2)8-3;/h9H,4-6H2,1-3H3;1H3. The second-order valence-electron chi connectivity index (χ2n) is 2.04. The molecular weight excluding hydrogens is 146 g/mol. The van der Waals surface area contributed by atoms with Crippen LogP contribution in [0.1, 0.15) is 19.8 Å². The van der Waals surface area contributed by atoms with Crippen LogP contribution in [-0.2, 0) is 8.85 Å². The lowest BCUT2D eigenvalue weighted by atomic mass is 10.4. The van der Waals surface area contributed by atoms with Crippen molar-refractivity contribution in [1.82, 2.24) is 6.15 Å². The summed E-state index contributed by atoms with van der Waals surface area (Å²) in [6, 6.07) is 1.14. The molecule has 0 aliphatic heterocycles. The molecule has 0 bridgehead atoms. The molecule has 0 aromatic carbocycles. The fraction of sp³-hybridized carbons (Fsp3) is 1.00. The lowest BCUT2D eigenvalue weighted by molar-refractivity contribution is 0.276. The molecular formula is C6H19NO2Si. The van der Waals surface area contributed by atoms with Crippen LogP contribution in [0.5, 0.6) is 0 Å². The summed E-state index contributed by atoms with van der Waals surface area (Å²) in [4.78, 5) is 0. The summed E-state index contributed by atoms with van der Waals surface area (Å²) in [6.45, 7) is 2.18. The predicted octanol–water partition coefficient (Wildman–Crippen LogP) is 1.46. The number of rotatable bonds is 5. The minimum Gasteiger partial charge on any atom is -0.400 e. The van der Waals surface area contributed by atoms with Gasteiger partial charge in [-0.2, -0.15) is 0 Å². The molecule has 0 aromatic heterocycles. The third kappa shape index (κ3) is 6.22. The molecule has 0 heterocycles. The van der Waals surface area contributed by atoms with Crippen molar-refractivity contribution in [1.29, 1.82) is 0 Å². The zero-order chi connectivity index (χ0) is 7.11. The third-order valence-corrected chi connectivity index (χ3v) is 3.25. The van der Waals surface area contributed by atoms with E-state index < -0.39 is 9.28 Å². The summed E-state index contributed by atoms with van der Waals surface area (Å²) in [7, 11) is 2.25. The van der Waals surface area contributed by atoms with E-state index in [1.807, 2.05) is 0 Å². The van der Waals surface area contributed by atoms with Crippen molar-refractivity contribution in [2.24, 2.45) is 0 Å². The van der Waals surface area contributed by atoms with E-state index in [9.17, 15) is 0 Å². The largest absolute Gasteiger partial charge is 0.400 e. The smallest absolute Gasteiger partial charge is 0.320 e. The second kappa shape index (κ2) is 9.10. The minimum atomic E-state index is -1.21. The van der Waals surface area contributed by atoms with Crippen molar-refractivity contribution in [3.05, 3.63) is 0 Å². The highest BCUT2D eigenvalue weighted by atomic mass is 28.3. The first kappa shape index (κ1) is 12.7. The predicted molar refractivity (Wildman–Crippen MR) is 45.9 cm³/mol. The first-order valence-corrected chi connectivity index (χ1v) is 5.16. The summed E-state index contributed by atoms with van der Waals surface area (Å²) in [5.41, 5.74) is 0. The SMILES string of the molecule is CCCC[SiH](OC)OC.N. The van der Waals surface area contributed by atoms with Crippen molar-refractivity contribution in [2.75, 3.05) is 14.2 Å². The van der Waals surface area contributed by atoms with Crippen molar-refractivity contribution < 1.29 is 8.85 Å².